The van der Waals surface area contributed by atoms with Crippen LogP contribution in [0.2, 0.25) is 0 Å². The highest BCUT2D eigenvalue weighted by atomic mass is 32.1. The molecule has 108 valence electrons. The molecule has 0 radical (unpaired) electrons. The fraction of sp³-hybridized carbons (Fsp3) is 0.714. The van der Waals surface area contributed by atoms with Gasteiger partial charge in [-0.1, -0.05) is 31.5 Å². The number of rotatable bonds is 2. The van der Waals surface area contributed by atoms with E-state index < -0.39 is 23.2 Å². The quantitative estimate of drug-likeness (QED) is 0.619. The number of hydrogen-bond acceptors (Lipinski definition) is 5. The summed E-state index contributed by atoms with van der Waals surface area (Å²) >= 11 is 5.21. The second kappa shape index (κ2) is 5.88. The van der Waals surface area contributed by atoms with Gasteiger partial charge in [-0.2, -0.15) is 5.26 Å². The zero-order valence-corrected chi connectivity index (χ0v) is 12.3. The minimum atomic E-state index is -0.830. The summed E-state index contributed by atoms with van der Waals surface area (Å²) in [5.41, 5.74) is -0.682. The van der Waals surface area contributed by atoms with Crippen molar-refractivity contribution in [1.29, 1.82) is 5.26 Å². The molecule has 6 heteroatoms. The first kappa shape index (κ1) is 14.9. The summed E-state index contributed by atoms with van der Waals surface area (Å²) in [6.45, 7) is 2.00. The number of carbonyl (C=O) groups excluding carboxylic acids is 2. The third kappa shape index (κ3) is 2.31. The molecular weight excluding hydrogens is 276 g/mol. The van der Waals surface area contributed by atoms with Gasteiger partial charge in [0.25, 0.3) is 0 Å². The van der Waals surface area contributed by atoms with Gasteiger partial charge < -0.3 is 10.1 Å². The number of hydrogen-bond donors (Lipinski definition) is 1. The van der Waals surface area contributed by atoms with E-state index in [-0.39, 0.29) is 17.5 Å². The molecule has 20 heavy (non-hydrogen) atoms. The molecule has 1 aliphatic carbocycles. The summed E-state index contributed by atoms with van der Waals surface area (Å²) in [4.78, 5) is 24.6. The lowest BCUT2D eigenvalue weighted by Crippen LogP contribution is -2.60. The van der Waals surface area contributed by atoms with Gasteiger partial charge in [-0.3, -0.25) is 9.59 Å². The highest BCUT2D eigenvalue weighted by Crippen LogP contribution is 2.51. The van der Waals surface area contributed by atoms with Crippen molar-refractivity contribution in [3.63, 3.8) is 0 Å². The molecule has 1 heterocycles. The molecule has 1 saturated carbocycles. The lowest BCUT2D eigenvalue weighted by atomic mass is 9.57. The van der Waals surface area contributed by atoms with E-state index in [0.717, 1.165) is 19.3 Å². The molecule has 1 spiro atoms. The van der Waals surface area contributed by atoms with Crippen molar-refractivity contribution >= 4 is 29.1 Å². The number of ether oxygens (including phenoxy) is 1. The molecule has 2 fully saturated rings. The number of amides is 1. The Hall–Kier alpha value is -1.48. The van der Waals surface area contributed by atoms with Crippen LogP contribution in [0.4, 0.5) is 0 Å². The van der Waals surface area contributed by atoms with Crippen molar-refractivity contribution in [1.82, 2.24) is 5.32 Å². The molecule has 2 rings (SSSR count). The number of nitrogens with zero attached hydrogens (tertiary/aromatic N) is 1. The molecule has 1 aliphatic heterocycles. The zero-order valence-electron chi connectivity index (χ0n) is 11.5. The number of thiocarbonyl (C=S) groups is 1. The zero-order chi connectivity index (χ0) is 14.8. The summed E-state index contributed by atoms with van der Waals surface area (Å²) in [6.07, 6.45) is 4.21. The fourth-order valence-corrected chi connectivity index (χ4v) is 3.93. The predicted molar refractivity (Wildman–Crippen MR) is 75.5 cm³/mol. The third-order valence-electron chi connectivity index (χ3n) is 4.36. The van der Waals surface area contributed by atoms with E-state index in [1.807, 2.05) is 0 Å². The van der Waals surface area contributed by atoms with Crippen LogP contribution in [0.5, 0.6) is 0 Å². The van der Waals surface area contributed by atoms with Crippen LogP contribution in [-0.2, 0) is 14.3 Å². The Bertz CT molecular complexity index is 477. The number of nitrogens with one attached hydrogen (secondary N) is 1. The van der Waals surface area contributed by atoms with Crippen LogP contribution in [0.3, 0.4) is 0 Å². The minimum absolute atomic E-state index is 0.210. The van der Waals surface area contributed by atoms with Crippen molar-refractivity contribution < 1.29 is 14.3 Å². The van der Waals surface area contributed by atoms with E-state index in [1.165, 1.54) is 0 Å². The monoisotopic (exact) mass is 294 g/mol. The van der Waals surface area contributed by atoms with Crippen LogP contribution in [0.25, 0.3) is 0 Å². The molecule has 1 saturated heterocycles. The van der Waals surface area contributed by atoms with Gasteiger partial charge in [0.15, 0.2) is 0 Å². The maximum absolute atomic E-state index is 12.3. The van der Waals surface area contributed by atoms with Crippen LogP contribution in [0.1, 0.15) is 39.0 Å². The first-order valence-electron chi connectivity index (χ1n) is 6.98. The van der Waals surface area contributed by atoms with Crippen LogP contribution >= 0.6 is 12.2 Å². The number of esters is 1. The number of carbonyl (C=O) groups is 2. The Morgan fingerprint density at radius 2 is 2.15 bits per heavy atom. The third-order valence-corrected chi connectivity index (χ3v) is 4.69. The van der Waals surface area contributed by atoms with Crippen LogP contribution in [0.15, 0.2) is 0 Å². The van der Waals surface area contributed by atoms with Crippen molar-refractivity contribution in [2.75, 3.05) is 6.61 Å². The summed E-state index contributed by atoms with van der Waals surface area (Å²) < 4.78 is 5.12. The molecule has 0 aromatic rings. The average Bonchev–Trinajstić information content (AvgIpc) is 2.39. The largest absolute Gasteiger partial charge is 0.465 e. The topological polar surface area (TPSA) is 79.2 Å². The van der Waals surface area contributed by atoms with Gasteiger partial charge in [0.05, 0.1) is 17.7 Å². The summed E-state index contributed by atoms with van der Waals surface area (Å²) in [5.74, 6) is -2.30. The normalized spacial score (nSPS) is 28.6. The Balaban J connectivity index is 2.44. The molecule has 5 nitrogen and oxygen atoms in total. The van der Waals surface area contributed by atoms with Crippen LogP contribution in [0, 0.1) is 28.6 Å². The maximum atomic E-state index is 12.3. The summed E-state index contributed by atoms with van der Waals surface area (Å²) in [5, 5.41) is 11.9. The van der Waals surface area contributed by atoms with Gasteiger partial charge in [-0.15, -0.1) is 0 Å². The highest BCUT2D eigenvalue weighted by Gasteiger charge is 2.57. The molecule has 0 aromatic heterocycles. The van der Waals surface area contributed by atoms with Gasteiger partial charge in [-0.25, -0.2) is 0 Å². The number of nitriles is 1. The van der Waals surface area contributed by atoms with Crippen LogP contribution in [-0.4, -0.2) is 23.5 Å². The predicted octanol–water partition coefficient (Wildman–Crippen LogP) is 1.71. The maximum Gasteiger partial charge on any atom is 0.316 e. The van der Waals surface area contributed by atoms with Gasteiger partial charge in [0.2, 0.25) is 5.91 Å². The molecule has 1 amide bonds. The summed E-state index contributed by atoms with van der Waals surface area (Å²) in [7, 11) is 0. The highest BCUT2D eigenvalue weighted by molar-refractivity contribution is 7.80. The smallest absolute Gasteiger partial charge is 0.316 e. The standard InChI is InChI=1S/C14H18N2O3S/c1-2-19-13(18)10-12(20)16-11(17)9(8-15)14(10)6-4-3-5-7-14/h9-10H,2-7H2,1H3,(H,16,17,20)/t9-,10-/m0/s1. The molecule has 0 unspecified atom stereocenters. The first-order valence-corrected chi connectivity index (χ1v) is 7.38. The van der Waals surface area contributed by atoms with E-state index in [9.17, 15) is 14.9 Å². The lowest BCUT2D eigenvalue weighted by Gasteiger charge is -2.47. The van der Waals surface area contributed by atoms with Gasteiger partial charge in [-0.05, 0) is 19.8 Å². The Labute approximate surface area is 123 Å². The first-order chi connectivity index (χ1) is 9.56. The van der Waals surface area contributed by atoms with Crippen molar-refractivity contribution in [2.45, 2.75) is 39.0 Å². The average molecular weight is 294 g/mol. The van der Waals surface area contributed by atoms with Gasteiger partial charge in [0.1, 0.15) is 11.8 Å². The summed E-state index contributed by atoms with van der Waals surface area (Å²) in [6, 6.07) is 2.08. The number of piperidine rings is 1. The fourth-order valence-electron chi connectivity index (χ4n) is 3.50. The van der Waals surface area contributed by atoms with E-state index in [2.05, 4.69) is 11.4 Å². The van der Waals surface area contributed by atoms with Crippen molar-refractivity contribution in [3.8, 4) is 6.07 Å². The second-order valence-corrected chi connectivity index (χ2v) is 5.83. The van der Waals surface area contributed by atoms with Crippen molar-refractivity contribution in [3.05, 3.63) is 0 Å². The second-order valence-electron chi connectivity index (χ2n) is 5.39. The van der Waals surface area contributed by atoms with E-state index in [0.29, 0.717) is 12.8 Å². The molecule has 2 aliphatic rings. The SMILES string of the molecule is CCOC(=O)[C@@H]1C(=S)NC(=O)[C@H](C#N)C12CCCCC2. The van der Waals surface area contributed by atoms with E-state index in [1.54, 1.807) is 6.92 Å². The Kier molecular flexibility index (Phi) is 4.39. The van der Waals surface area contributed by atoms with E-state index >= 15 is 0 Å². The minimum Gasteiger partial charge on any atom is -0.465 e. The molecular formula is C14H18N2O3S. The molecule has 0 bridgehead atoms. The Morgan fingerprint density at radius 3 is 2.70 bits per heavy atom. The lowest BCUT2D eigenvalue weighted by molar-refractivity contribution is -0.154. The molecule has 1 N–H and O–H groups in total. The molecule has 0 aromatic carbocycles. The van der Waals surface area contributed by atoms with Crippen LogP contribution < -0.4 is 5.32 Å². The molecule has 2 atom stereocenters. The van der Waals surface area contributed by atoms with Crippen molar-refractivity contribution in [2.24, 2.45) is 17.3 Å². The van der Waals surface area contributed by atoms with Gasteiger partial charge >= 0.3 is 5.97 Å². The van der Waals surface area contributed by atoms with Gasteiger partial charge in [0, 0.05) is 5.41 Å². The van der Waals surface area contributed by atoms with E-state index in [4.69, 9.17) is 17.0 Å². The Morgan fingerprint density at radius 1 is 1.50 bits per heavy atom.